The van der Waals surface area contributed by atoms with E-state index in [1.165, 1.54) is 0 Å². The second-order valence-corrected chi connectivity index (χ2v) is 4.48. The van der Waals surface area contributed by atoms with E-state index in [2.05, 4.69) is 24.4 Å². The zero-order valence-electron chi connectivity index (χ0n) is 11.5. The molecule has 18 heavy (non-hydrogen) atoms. The molecule has 0 aliphatic heterocycles. The van der Waals surface area contributed by atoms with Gasteiger partial charge in [0.1, 0.15) is 0 Å². The van der Waals surface area contributed by atoms with Gasteiger partial charge in [-0.25, -0.2) is 5.43 Å². The highest BCUT2D eigenvalue weighted by Crippen LogP contribution is 2.04. The van der Waals surface area contributed by atoms with E-state index in [9.17, 15) is 4.79 Å². The van der Waals surface area contributed by atoms with Gasteiger partial charge in [0.05, 0.1) is 0 Å². The largest absolute Gasteiger partial charge is 0.271 e. The Balaban J connectivity index is 2.63. The van der Waals surface area contributed by atoms with Gasteiger partial charge < -0.3 is 0 Å². The Morgan fingerprint density at radius 3 is 2.17 bits per heavy atom. The predicted octanol–water partition coefficient (Wildman–Crippen LogP) is 3.68. The number of nitrogens with zero attached hydrogens (tertiary/aromatic N) is 1. The number of rotatable bonds is 6. The summed E-state index contributed by atoms with van der Waals surface area (Å²) in [5.41, 5.74) is 5.50. The van der Waals surface area contributed by atoms with Crippen molar-refractivity contribution in [1.29, 1.82) is 0 Å². The second-order valence-electron chi connectivity index (χ2n) is 4.48. The topological polar surface area (TPSA) is 41.5 Å². The highest BCUT2D eigenvalue weighted by Gasteiger charge is 2.04. The summed E-state index contributed by atoms with van der Waals surface area (Å²) in [5.74, 6) is -0.139. The lowest BCUT2D eigenvalue weighted by atomic mass is 10.1. The minimum Gasteiger partial charge on any atom is -0.267 e. The molecular weight excluding hydrogens is 224 g/mol. The summed E-state index contributed by atoms with van der Waals surface area (Å²) in [5, 5.41) is 4.22. The molecule has 1 aromatic carbocycles. The minimum atomic E-state index is -0.139. The van der Waals surface area contributed by atoms with Gasteiger partial charge in [-0.15, -0.1) is 0 Å². The molecule has 0 radical (unpaired) electrons. The van der Waals surface area contributed by atoms with E-state index in [4.69, 9.17) is 0 Å². The van der Waals surface area contributed by atoms with Crippen LogP contribution in [0.25, 0.3) is 0 Å². The Bertz CT molecular complexity index is 399. The fourth-order valence-corrected chi connectivity index (χ4v) is 1.71. The molecule has 0 aliphatic carbocycles. The Morgan fingerprint density at radius 2 is 1.67 bits per heavy atom. The molecule has 1 amide bonds. The number of aryl methyl sites for hydroxylation is 1. The van der Waals surface area contributed by atoms with E-state index in [1.807, 2.05) is 31.2 Å². The fraction of sp³-hybridized carbons (Fsp3) is 0.467. The summed E-state index contributed by atoms with van der Waals surface area (Å²) in [4.78, 5) is 11.9. The maximum atomic E-state index is 11.9. The van der Waals surface area contributed by atoms with Crippen molar-refractivity contribution in [3.05, 3.63) is 35.4 Å². The van der Waals surface area contributed by atoms with E-state index < -0.39 is 0 Å². The van der Waals surface area contributed by atoms with Gasteiger partial charge in [-0.3, -0.25) is 4.79 Å². The van der Waals surface area contributed by atoms with E-state index in [0.717, 1.165) is 37.0 Å². The number of carbonyl (C=O) groups excluding carboxylic acids is 1. The molecule has 98 valence electrons. The number of hydrogen-bond acceptors (Lipinski definition) is 2. The molecule has 0 aromatic heterocycles. The Kier molecular flexibility index (Phi) is 6.12. The molecule has 0 heterocycles. The van der Waals surface area contributed by atoms with Crippen LogP contribution in [0.5, 0.6) is 0 Å². The summed E-state index contributed by atoms with van der Waals surface area (Å²) in [6.45, 7) is 6.24. The van der Waals surface area contributed by atoms with Crippen molar-refractivity contribution in [2.75, 3.05) is 0 Å². The Labute approximate surface area is 109 Å². The Morgan fingerprint density at radius 1 is 1.11 bits per heavy atom. The molecule has 1 rings (SSSR count). The highest BCUT2D eigenvalue weighted by molar-refractivity contribution is 5.95. The van der Waals surface area contributed by atoms with E-state index in [-0.39, 0.29) is 5.91 Å². The molecule has 1 aromatic rings. The molecule has 0 atom stereocenters. The minimum absolute atomic E-state index is 0.139. The lowest BCUT2D eigenvalue weighted by Crippen LogP contribution is -2.19. The van der Waals surface area contributed by atoms with Crippen LogP contribution in [0.3, 0.4) is 0 Å². The molecule has 0 saturated carbocycles. The molecule has 1 N–H and O–H groups in total. The van der Waals surface area contributed by atoms with E-state index >= 15 is 0 Å². The highest BCUT2D eigenvalue weighted by atomic mass is 16.2. The normalized spacial score (nSPS) is 9.94. The molecule has 0 aliphatic rings. The zero-order valence-corrected chi connectivity index (χ0v) is 11.5. The molecule has 3 heteroatoms. The van der Waals surface area contributed by atoms with Crippen LogP contribution in [0, 0.1) is 6.92 Å². The van der Waals surface area contributed by atoms with E-state index in [1.54, 1.807) is 0 Å². The third-order valence-corrected chi connectivity index (χ3v) is 2.71. The number of nitrogens with one attached hydrogen (secondary N) is 1. The van der Waals surface area contributed by atoms with Gasteiger partial charge in [0.15, 0.2) is 0 Å². The molecular formula is C15H22N2O. The van der Waals surface area contributed by atoms with Gasteiger partial charge >= 0.3 is 0 Å². The SMILES string of the molecule is CCCC(CCC)=NNC(=O)c1ccc(C)cc1. The lowest BCUT2D eigenvalue weighted by Gasteiger charge is -2.05. The number of carbonyl (C=O) groups is 1. The third kappa shape index (κ3) is 4.70. The van der Waals surface area contributed by atoms with Crippen molar-refractivity contribution in [3.63, 3.8) is 0 Å². The van der Waals surface area contributed by atoms with Gasteiger partial charge in [-0.05, 0) is 31.9 Å². The van der Waals surface area contributed by atoms with Crippen LogP contribution < -0.4 is 5.43 Å². The fourth-order valence-electron chi connectivity index (χ4n) is 1.71. The van der Waals surface area contributed by atoms with Crippen LogP contribution in [0.1, 0.15) is 55.5 Å². The van der Waals surface area contributed by atoms with Crippen molar-refractivity contribution in [3.8, 4) is 0 Å². The number of benzene rings is 1. The van der Waals surface area contributed by atoms with Crippen molar-refractivity contribution >= 4 is 11.6 Å². The summed E-state index contributed by atoms with van der Waals surface area (Å²) >= 11 is 0. The standard InChI is InChI=1S/C15H22N2O/c1-4-6-14(7-5-2)16-17-15(18)13-10-8-12(3)9-11-13/h8-11H,4-7H2,1-3H3,(H,17,18). The van der Waals surface area contributed by atoms with Crippen LogP contribution in [0.4, 0.5) is 0 Å². The molecule has 0 spiro atoms. The number of hydrogen-bond donors (Lipinski definition) is 1. The first-order valence-electron chi connectivity index (χ1n) is 6.59. The maximum Gasteiger partial charge on any atom is 0.271 e. The van der Waals surface area contributed by atoms with Crippen molar-refractivity contribution in [2.24, 2.45) is 5.10 Å². The zero-order chi connectivity index (χ0) is 13.4. The van der Waals surface area contributed by atoms with Gasteiger partial charge in [-0.1, -0.05) is 44.4 Å². The van der Waals surface area contributed by atoms with Crippen molar-refractivity contribution in [1.82, 2.24) is 5.43 Å². The smallest absolute Gasteiger partial charge is 0.267 e. The molecule has 3 nitrogen and oxygen atoms in total. The third-order valence-electron chi connectivity index (χ3n) is 2.71. The summed E-state index contributed by atoms with van der Waals surface area (Å²) in [6, 6.07) is 7.49. The monoisotopic (exact) mass is 246 g/mol. The molecule has 0 fully saturated rings. The average molecular weight is 246 g/mol. The molecule has 0 unspecified atom stereocenters. The van der Waals surface area contributed by atoms with Crippen molar-refractivity contribution < 1.29 is 4.79 Å². The van der Waals surface area contributed by atoms with Crippen molar-refractivity contribution in [2.45, 2.75) is 46.5 Å². The first-order chi connectivity index (χ1) is 8.67. The lowest BCUT2D eigenvalue weighted by molar-refractivity contribution is 0.0954. The van der Waals surface area contributed by atoms with Crippen LogP contribution in [0.2, 0.25) is 0 Å². The number of hydrazone groups is 1. The van der Waals surface area contributed by atoms with Gasteiger partial charge in [0, 0.05) is 11.3 Å². The second kappa shape index (κ2) is 7.64. The first kappa shape index (κ1) is 14.4. The summed E-state index contributed by atoms with van der Waals surface area (Å²) in [6.07, 6.45) is 4.00. The first-order valence-corrected chi connectivity index (χ1v) is 6.59. The maximum absolute atomic E-state index is 11.9. The average Bonchev–Trinajstić information content (AvgIpc) is 2.37. The quantitative estimate of drug-likeness (QED) is 0.603. The molecule has 0 bridgehead atoms. The van der Waals surface area contributed by atoms with Gasteiger partial charge in [0.25, 0.3) is 5.91 Å². The van der Waals surface area contributed by atoms with Crippen LogP contribution in [-0.4, -0.2) is 11.6 Å². The van der Waals surface area contributed by atoms with E-state index in [0.29, 0.717) is 5.56 Å². The predicted molar refractivity (Wildman–Crippen MR) is 75.9 cm³/mol. The van der Waals surface area contributed by atoms with Crippen LogP contribution in [-0.2, 0) is 0 Å². The molecule has 0 saturated heterocycles. The van der Waals surface area contributed by atoms with Crippen LogP contribution >= 0.6 is 0 Å². The van der Waals surface area contributed by atoms with Crippen LogP contribution in [0.15, 0.2) is 29.4 Å². The summed E-state index contributed by atoms with van der Waals surface area (Å²) < 4.78 is 0. The Hall–Kier alpha value is -1.64. The van der Waals surface area contributed by atoms with Gasteiger partial charge in [0.2, 0.25) is 0 Å². The number of amides is 1. The summed E-state index contributed by atoms with van der Waals surface area (Å²) in [7, 11) is 0. The van der Waals surface area contributed by atoms with Gasteiger partial charge in [-0.2, -0.15) is 5.10 Å².